The maximum absolute atomic E-state index is 13.0. The first-order chi connectivity index (χ1) is 12.6. The molecule has 1 fully saturated rings. The summed E-state index contributed by atoms with van der Waals surface area (Å²) < 4.78 is 14.8. The van der Waals surface area contributed by atoms with Crippen molar-refractivity contribution in [2.45, 2.75) is 20.4 Å². The summed E-state index contributed by atoms with van der Waals surface area (Å²) in [5.41, 5.74) is 2.01. The molecule has 0 amide bonds. The zero-order valence-electron chi connectivity index (χ0n) is 15.9. The van der Waals surface area contributed by atoms with Crippen LogP contribution in [-0.4, -0.2) is 65.4 Å². The van der Waals surface area contributed by atoms with E-state index >= 15 is 0 Å². The number of piperazine rings is 1. The van der Waals surface area contributed by atoms with Crippen LogP contribution in [0, 0.1) is 11.7 Å². The summed E-state index contributed by atoms with van der Waals surface area (Å²) in [5, 5.41) is 7.90. The lowest BCUT2D eigenvalue weighted by Crippen LogP contribution is -2.48. The first-order valence-electron chi connectivity index (χ1n) is 9.59. The lowest BCUT2D eigenvalue weighted by atomic mass is 10.1. The van der Waals surface area contributed by atoms with Crippen LogP contribution in [-0.2, 0) is 6.54 Å². The average Bonchev–Trinajstić information content (AvgIpc) is 3.12. The van der Waals surface area contributed by atoms with E-state index in [1.54, 1.807) is 16.8 Å². The normalized spacial score (nSPS) is 17.5. The van der Waals surface area contributed by atoms with Crippen molar-refractivity contribution in [1.82, 2.24) is 24.9 Å². The van der Waals surface area contributed by atoms with Crippen LogP contribution in [0.1, 0.15) is 19.4 Å². The van der Waals surface area contributed by atoms with Gasteiger partial charge in [0.25, 0.3) is 0 Å². The predicted octanol–water partition coefficient (Wildman–Crippen LogP) is 2.37. The molecule has 1 saturated heterocycles. The molecule has 0 saturated carbocycles. The zero-order chi connectivity index (χ0) is 18.4. The fourth-order valence-electron chi connectivity index (χ4n) is 3.44. The summed E-state index contributed by atoms with van der Waals surface area (Å²) in [6.07, 6.45) is 3.86. The van der Waals surface area contributed by atoms with Gasteiger partial charge in [0.2, 0.25) is 0 Å². The van der Waals surface area contributed by atoms with Crippen molar-refractivity contribution in [3.8, 4) is 5.69 Å². The number of halogens is 1. The summed E-state index contributed by atoms with van der Waals surface area (Å²) >= 11 is 0. The predicted molar refractivity (Wildman–Crippen MR) is 103 cm³/mol. The number of nitrogens with one attached hydrogen (secondary N) is 1. The molecule has 0 spiro atoms. The number of hydrogen-bond donors (Lipinski definition) is 1. The Balaban J connectivity index is 1.39. The summed E-state index contributed by atoms with van der Waals surface area (Å²) in [5.74, 6) is 0.392. The Labute approximate surface area is 155 Å². The van der Waals surface area contributed by atoms with Gasteiger partial charge in [0.15, 0.2) is 0 Å². The van der Waals surface area contributed by atoms with Crippen molar-refractivity contribution in [2.75, 3.05) is 45.8 Å². The Kier molecular flexibility index (Phi) is 6.77. The highest BCUT2D eigenvalue weighted by atomic mass is 19.1. The second-order valence-corrected chi connectivity index (χ2v) is 7.24. The Hall–Kier alpha value is -1.76. The lowest BCUT2D eigenvalue weighted by Gasteiger charge is -2.35. The largest absolute Gasteiger partial charge is 0.312 e. The maximum Gasteiger partial charge on any atom is 0.123 e. The standard InChI is InChI=1S/C20H30FN5/c1-3-24-8-10-25(11-9-24)15-17(2)12-22-13-18-14-23-26(16-18)20-6-4-19(21)5-7-20/h4-7,14,16-17,22H,3,8-13,15H2,1-2H3. The molecule has 1 aromatic heterocycles. The first kappa shape index (κ1) is 19.0. The molecule has 0 radical (unpaired) electrons. The van der Waals surface area contributed by atoms with E-state index in [2.05, 4.69) is 34.1 Å². The van der Waals surface area contributed by atoms with E-state index in [1.165, 1.54) is 38.3 Å². The Morgan fingerprint density at radius 1 is 1.12 bits per heavy atom. The van der Waals surface area contributed by atoms with Gasteiger partial charge in [-0.05, 0) is 43.3 Å². The van der Waals surface area contributed by atoms with E-state index in [1.807, 2.05) is 12.4 Å². The second kappa shape index (κ2) is 9.26. The fourth-order valence-corrected chi connectivity index (χ4v) is 3.44. The molecule has 0 bridgehead atoms. The Bertz CT molecular complexity index is 661. The molecule has 1 aromatic carbocycles. The van der Waals surface area contributed by atoms with E-state index in [9.17, 15) is 4.39 Å². The van der Waals surface area contributed by atoms with Gasteiger partial charge in [-0.15, -0.1) is 0 Å². The third kappa shape index (κ3) is 5.37. The minimum atomic E-state index is -0.229. The molecule has 6 heteroatoms. The summed E-state index contributed by atoms with van der Waals surface area (Å²) in [7, 11) is 0. The smallest absolute Gasteiger partial charge is 0.123 e. The number of likely N-dealkylation sites (N-methyl/N-ethyl adjacent to an activating group) is 1. The van der Waals surface area contributed by atoms with Crippen LogP contribution >= 0.6 is 0 Å². The fraction of sp³-hybridized carbons (Fsp3) is 0.550. The monoisotopic (exact) mass is 359 g/mol. The van der Waals surface area contributed by atoms with E-state index in [4.69, 9.17) is 0 Å². The third-order valence-electron chi connectivity index (χ3n) is 5.03. The van der Waals surface area contributed by atoms with Crippen molar-refractivity contribution in [3.05, 3.63) is 48.0 Å². The van der Waals surface area contributed by atoms with Crippen molar-refractivity contribution in [2.24, 2.45) is 5.92 Å². The molecule has 2 heterocycles. The number of benzene rings is 1. The molecule has 0 aliphatic carbocycles. The van der Waals surface area contributed by atoms with Gasteiger partial charge in [0, 0.05) is 51.0 Å². The van der Waals surface area contributed by atoms with Gasteiger partial charge in [-0.25, -0.2) is 9.07 Å². The number of aromatic nitrogens is 2. The van der Waals surface area contributed by atoms with Gasteiger partial charge >= 0.3 is 0 Å². The zero-order valence-corrected chi connectivity index (χ0v) is 15.9. The SMILES string of the molecule is CCN1CCN(CC(C)CNCc2cnn(-c3ccc(F)cc3)c2)CC1. The first-order valence-corrected chi connectivity index (χ1v) is 9.59. The molecule has 3 rings (SSSR count). The molecule has 1 unspecified atom stereocenters. The minimum Gasteiger partial charge on any atom is -0.312 e. The Morgan fingerprint density at radius 2 is 1.81 bits per heavy atom. The maximum atomic E-state index is 13.0. The minimum absolute atomic E-state index is 0.229. The molecule has 5 nitrogen and oxygen atoms in total. The molecular weight excluding hydrogens is 329 g/mol. The van der Waals surface area contributed by atoms with Crippen LogP contribution in [0.3, 0.4) is 0 Å². The van der Waals surface area contributed by atoms with E-state index in [-0.39, 0.29) is 5.82 Å². The van der Waals surface area contributed by atoms with E-state index in [0.29, 0.717) is 5.92 Å². The van der Waals surface area contributed by atoms with E-state index in [0.717, 1.165) is 37.4 Å². The Morgan fingerprint density at radius 3 is 2.50 bits per heavy atom. The second-order valence-electron chi connectivity index (χ2n) is 7.24. The quantitative estimate of drug-likeness (QED) is 0.785. The molecule has 26 heavy (non-hydrogen) atoms. The summed E-state index contributed by atoms with van der Waals surface area (Å²) in [4.78, 5) is 5.09. The van der Waals surface area contributed by atoms with Crippen molar-refractivity contribution >= 4 is 0 Å². The van der Waals surface area contributed by atoms with Crippen molar-refractivity contribution in [3.63, 3.8) is 0 Å². The van der Waals surface area contributed by atoms with Gasteiger partial charge in [-0.3, -0.25) is 0 Å². The molecular formula is C20H30FN5. The molecule has 1 N–H and O–H groups in total. The molecule has 1 aliphatic heterocycles. The van der Waals surface area contributed by atoms with Gasteiger partial charge in [0.1, 0.15) is 5.82 Å². The highest BCUT2D eigenvalue weighted by Crippen LogP contribution is 2.10. The topological polar surface area (TPSA) is 36.3 Å². The summed E-state index contributed by atoms with van der Waals surface area (Å²) in [6.45, 7) is 13.4. The highest BCUT2D eigenvalue weighted by Gasteiger charge is 2.17. The lowest BCUT2D eigenvalue weighted by molar-refractivity contribution is 0.124. The number of nitrogens with zero attached hydrogens (tertiary/aromatic N) is 4. The van der Waals surface area contributed by atoms with Crippen LogP contribution in [0.2, 0.25) is 0 Å². The van der Waals surface area contributed by atoms with Crippen molar-refractivity contribution in [1.29, 1.82) is 0 Å². The molecule has 1 aliphatic rings. The highest BCUT2D eigenvalue weighted by molar-refractivity contribution is 5.31. The number of hydrogen-bond acceptors (Lipinski definition) is 4. The van der Waals surface area contributed by atoms with Crippen LogP contribution in [0.4, 0.5) is 4.39 Å². The molecule has 1 atom stereocenters. The molecule has 142 valence electrons. The van der Waals surface area contributed by atoms with Gasteiger partial charge in [0.05, 0.1) is 11.9 Å². The third-order valence-corrected chi connectivity index (χ3v) is 5.03. The van der Waals surface area contributed by atoms with Gasteiger partial charge in [-0.2, -0.15) is 5.10 Å². The average molecular weight is 359 g/mol. The summed E-state index contributed by atoms with van der Waals surface area (Å²) in [6, 6.07) is 6.38. The van der Waals surface area contributed by atoms with Crippen LogP contribution in [0.15, 0.2) is 36.7 Å². The van der Waals surface area contributed by atoms with Gasteiger partial charge in [-0.1, -0.05) is 13.8 Å². The van der Waals surface area contributed by atoms with E-state index < -0.39 is 0 Å². The van der Waals surface area contributed by atoms with Crippen LogP contribution in [0.25, 0.3) is 5.69 Å². The van der Waals surface area contributed by atoms with Crippen LogP contribution < -0.4 is 5.32 Å². The van der Waals surface area contributed by atoms with Crippen molar-refractivity contribution < 1.29 is 4.39 Å². The number of rotatable bonds is 8. The van der Waals surface area contributed by atoms with Gasteiger partial charge < -0.3 is 15.1 Å². The molecule has 2 aromatic rings. The van der Waals surface area contributed by atoms with Crippen LogP contribution in [0.5, 0.6) is 0 Å².